The summed E-state index contributed by atoms with van der Waals surface area (Å²) in [5.41, 5.74) is 4.45. The summed E-state index contributed by atoms with van der Waals surface area (Å²) in [7, 11) is 0. The molecule has 1 aromatic heterocycles. The fraction of sp³-hybridized carbons (Fsp3) is 0.412. The highest BCUT2D eigenvalue weighted by molar-refractivity contribution is 5.60. The Hall–Kier alpha value is -2.14. The van der Waals surface area contributed by atoms with Crippen LogP contribution in [-0.2, 0) is 4.74 Å². The molecule has 2 aromatic rings. The van der Waals surface area contributed by atoms with Gasteiger partial charge in [0, 0.05) is 30.5 Å². The van der Waals surface area contributed by atoms with Gasteiger partial charge in [-0.15, -0.1) is 0 Å². The van der Waals surface area contributed by atoms with Crippen molar-refractivity contribution in [2.24, 2.45) is 0 Å². The maximum Gasteiger partial charge on any atom is 0.229 e. The summed E-state index contributed by atoms with van der Waals surface area (Å²) in [5, 5.41) is 3.34. The largest absolute Gasteiger partial charge is 0.378 e. The van der Waals surface area contributed by atoms with Gasteiger partial charge in [-0.1, -0.05) is 17.7 Å². The maximum atomic E-state index is 5.40. The summed E-state index contributed by atoms with van der Waals surface area (Å²) in [6, 6.07) is 8.35. The van der Waals surface area contributed by atoms with Gasteiger partial charge in [0.2, 0.25) is 5.95 Å². The second kappa shape index (κ2) is 6.32. The lowest BCUT2D eigenvalue weighted by Gasteiger charge is -2.28. The first-order chi connectivity index (χ1) is 10.6. The smallest absolute Gasteiger partial charge is 0.229 e. The van der Waals surface area contributed by atoms with E-state index in [4.69, 9.17) is 4.74 Å². The van der Waals surface area contributed by atoms with Crippen molar-refractivity contribution in [1.29, 1.82) is 0 Å². The standard InChI is InChI=1S/C17H22N4O/c1-12-4-5-15(13(2)10-12)19-17-18-14(3)11-16(20-17)21-6-8-22-9-7-21/h4-5,10-11H,6-9H2,1-3H3,(H,18,19,20). The van der Waals surface area contributed by atoms with Crippen LogP contribution in [0.25, 0.3) is 0 Å². The molecule has 0 unspecified atom stereocenters. The number of morpholine rings is 1. The molecule has 0 spiro atoms. The SMILES string of the molecule is Cc1ccc(Nc2nc(C)cc(N3CCOCC3)n2)c(C)c1. The highest BCUT2D eigenvalue weighted by atomic mass is 16.5. The Morgan fingerprint density at radius 2 is 1.82 bits per heavy atom. The van der Waals surface area contributed by atoms with E-state index in [1.165, 1.54) is 11.1 Å². The second-order valence-corrected chi connectivity index (χ2v) is 5.73. The summed E-state index contributed by atoms with van der Waals surface area (Å²) >= 11 is 0. The summed E-state index contributed by atoms with van der Waals surface area (Å²) < 4.78 is 5.40. The number of benzene rings is 1. The zero-order valence-corrected chi connectivity index (χ0v) is 13.4. The molecule has 1 aliphatic heterocycles. The van der Waals surface area contributed by atoms with Crippen LogP contribution in [0.4, 0.5) is 17.5 Å². The van der Waals surface area contributed by atoms with E-state index in [-0.39, 0.29) is 0 Å². The number of aromatic nitrogens is 2. The van der Waals surface area contributed by atoms with Crippen LogP contribution >= 0.6 is 0 Å². The molecule has 5 nitrogen and oxygen atoms in total. The van der Waals surface area contributed by atoms with E-state index in [9.17, 15) is 0 Å². The Morgan fingerprint density at radius 3 is 2.55 bits per heavy atom. The van der Waals surface area contributed by atoms with E-state index in [0.717, 1.165) is 43.5 Å². The summed E-state index contributed by atoms with van der Waals surface area (Å²) in [4.78, 5) is 11.4. The molecule has 1 aliphatic rings. The molecule has 0 radical (unpaired) electrons. The van der Waals surface area contributed by atoms with E-state index >= 15 is 0 Å². The third-order valence-corrected chi connectivity index (χ3v) is 3.80. The van der Waals surface area contributed by atoms with Crippen molar-refractivity contribution < 1.29 is 4.74 Å². The Kier molecular flexibility index (Phi) is 4.24. The van der Waals surface area contributed by atoms with E-state index in [0.29, 0.717) is 5.95 Å². The average molecular weight is 298 g/mol. The molecule has 0 atom stereocenters. The number of ether oxygens (including phenoxy) is 1. The lowest BCUT2D eigenvalue weighted by Crippen LogP contribution is -2.36. The molecule has 0 bridgehead atoms. The normalized spacial score (nSPS) is 15.0. The molecule has 3 rings (SSSR count). The molecular weight excluding hydrogens is 276 g/mol. The van der Waals surface area contributed by atoms with Crippen LogP contribution < -0.4 is 10.2 Å². The number of nitrogens with zero attached hydrogens (tertiary/aromatic N) is 3. The van der Waals surface area contributed by atoms with Gasteiger partial charge in [-0.05, 0) is 32.4 Å². The fourth-order valence-electron chi connectivity index (χ4n) is 2.64. The zero-order chi connectivity index (χ0) is 15.5. The predicted molar refractivity (Wildman–Crippen MR) is 89.0 cm³/mol. The molecule has 2 heterocycles. The average Bonchev–Trinajstić information content (AvgIpc) is 2.50. The third kappa shape index (κ3) is 3.36. The van der Waals surface area contributed by atoms with Crippen LogP contribution in [0.3, 0.4) is 0 Å². The van der Waals surface area contributed by atoms with Gasteiger partial charge in [0.15, 0.2) is 0 Å². The minimum absolute atomic E-state index is 0.647. The molecule has 1 fully saturated rings. The van der Waals surface area contributed by atoms with E-state index in [1.807, 2.05) is 13.0 Å². The van der Waals surface area contributed by atoms with Crippen LogP contribution in [0, 0.1) is 20.8 Å². The number of anilines is 3. The van der Waals surface area contributed by atoms with Crippen LogP contribution in [0.1, 0.15) is 16.8 Å². The molecule has 0 saturated carbocycles. The van der Waals surface area contributed by atoms with Crippen molar-refractivity contribution in [1.82, 2.24) is 9.97 Å². The summed E-state index contributed by atoms with van der Waals surface area (Å²) in [5.74, 6) is 1.61. The van der Waals surface area contributed by atoms with Gasteiger partial charge in [0.05, 0.1) is 13.2 Å². The first kappa shape index (κ1) is 14.8. The van der Waals surface area contributed by atoms with Gasteiger partial charge in [0.1, 0.15) is 5.82 Å². The van der Waals surface area contributed by atoms with Gasteiger partial charge in [-0.3, -0.25) is 0 Å². The number of hydrogen-bond donors (Lipinski definition) is 1. The summed E-state index contributed by atoms with van der Waals surface area (Å²) in [6.07, 6.45) is 0. The third-order valence-electron chi connectivity index (χ3n) is 3.80. The lowest BCUT2D eigenvalue weighted by atomic mass is 10.1. The van der Waals surface area contributed by atoms with Gasteiger partial charge in [-0.2, -0.15) is 4.98 Å². The highest BCUT2D eigenvalue weighted by Crippen LogP contribution is 2.22. The Morgan fingerprint density at radius 1 is 1.05 bits per heavy atom. The second-order valence-electron chi connectivity index (χ2n) is 5.73. The van der Waals surface area contributed by atoms with Gasteiger partial charge >= 0.3 is 0 Å². The van der Waals surface area contributed by atoms with E-state index < -0.39 is 0 Å². The number of rotatable bonds is 3. The predicted octanol–water partition coefficient (Wildman–Crippen LogP) is 2.98. The van der Waals surface area contributed by atoms with Crippen LogP contribution in [0.5, 0.6) is 0 Å². The molecule has 1 saturated heterocycles. The monoisotopic (exact) mass is 298 g/mol. The van der Waals surface area contributed by atoms with Crippen molar-refractivity contribution in [3.8, 4) is 0 Å². The minimum atomic E-state index is 0.647. The van der Waals surface area contributed by atoms with Crippen molar-refractivity contribution >= 4 is 17.5 Å². The maximum absolute atomic E-state index is 5.40. The van der Waals surface area contributed by atoms with Gasteiger partial charge in [-0.25, -0.2) is 4.98 Å². The van der Waals surface area contributed by atoms with E-state index in [2.05, 4.69) is 52.2 Å². The van der Waals surface area contributed by atoms with Gasteiger partial charge in [0.25, 0.3) is 0 Å². The number of nitrogens with one attached hydrogen (secondary N) is 1. The number of aryl methyl sites for hydroxylation is 3. The fourth-order valence-corrected chi connectivity index (χ4v) is 2.64. The van der Waals surface area contributed by atoms with Crippen LogP contribution in [-0.4, -0.2) is 36.3 Å². The Balaban J connectivity index is 1.85. The molecule has 116 valence electrons. The zero-order valence-electron chi connectivity index (χ0n) is 13.4. The quantitative estimate of drug-likeness (QED) is 0.944. The molecule has 1 N–H and O–H groups in total. The van der Waals surface area contributed by atoms with Crippen molar-refractivity contribution in [3.63, 3.8) is 0 Å². The highest BCUT2D eigenvalue weighted by Gasteiger charge is 2.14. The van der Waals surface area contributed by atoms with Crippen molar-refractivity contribution in [3.05, 3.63) is 41.1 Å². The molecule has 0 amide bonds. The number of hydrogen-bond acceptors (Lipinski definition) is 5. The van der Waals surface area contributed by atoms with Crippen LogP contribution in [0.2, 0.25) is 0 Å². The Labute approximate surface area is 131 Å². The van der Waals surface area contributed by atoms with Crippen molar-refractivity contribution in [2.75, 3.05) is 36.5 Å². The molecular formula is C17H22N4O. The minimum Gasteiger partial charge on any atom is -0.378 e. The van der Waals surface area contributed by atoms with Crippen molar-refractivity contribution in [2.45, 2.75) is 20.8 Å². The first-order valence-electron chi connectivity index (χ1n) is 7.64. The Bertz CT molecular complexity index is 666. The molecule has 22 heavy (non-hydrogen) atoms. The molecule has 5 heteroatoms. The van der Waals surface area contributed by atoms with Crippen LogP contribution in [0.15, 0.2) is 24.3 Å². The van der Waals surface area contributed by atoms with Gasteiger partial charge < -0.3 is 15.0 Å². The lowest BCUT2D eigenvalue weighted by molar-refractivity contribution is 0.122. The molecule has 0 aliphatic carbocycles. The topological polar surface area (TPSA) is 50.3 Å². The molecule has 1 aromatic carbocycles. The van der Waals surface area contributed by atoms with E-state index in [1.54, 1.807) is 0 Å². The first-order valence-corrected chi connectivity index (χ1v) is 7.64. The summed E-state index contributed by atoms with van der Waals surface area (Å²) in [6.45, 7) is 9.44.